The number of piperidine rings is 1. The van der Waals surface area contributed by atoms with Crippen LogP contribution in [0.5, 0.6) is 5.75 Å². The molecule has 0 unspecified atom stereocenters. The van der Waals surface area contributed by atoms with Gasteiger partial charge in [-0.2, -0.15) is 0 Å². The maximum Gasteiger partial charge on any atom is 0.317 e. The van der Waals surface area contributed by atoms with Gasteiger partial charge in [-0.3, -0.25) is 4.79 Å². The van der Waals surface area contributed by atoms with Crippen molar-refractivity contribution in [2.24, 2.45) is 5.92 Å². The Morgan fingerprint density at radius 3 is 2.46 bits per heavy atom. The first kappa shape index (κ1) is 20.0. The van der Waals surface area contributed by atoms with Crippen LogP contribution in [0.4, 0.5) is 9.18 Å². The lowest BCUT2D eigenvalue weighted by Gasteiger charge is -2.34. The smallest absolute Gasteiger partial charge is 0.317 e. The van der Waals surface area contributed by atoms with E-state index in [1.54, 1.807) is 0 Å². The summed E-state index contributed by atoms with van der Waals surface area (Å²) in [6.07, 6.45) is 1.66. The van der Waals surface area contributed by atoms with E-state index in [9.17, 15) is 14.0 Å². The molecule has 1 heterocycles. The Bertz CT molecular complexity index is 650. The van der Waals surface area contributed by atoms with E-state index >= 15 is 0 Å². The quantitative estimate of drug-likeness (QED) is 0.862. The fourth-order valence-electron chi connectivity index (χ4n) is 2.89. The number of carbonyl (C=O) groups is 2. The minimum absolute atomic E-state index is 0.0475. The van der Waals surface area contributed by atoms with Crippen molar-refractivity contribution < 1.29 is 18.7 Å². The summed E-state index contributed by atoms with van der Waals surface area (Å²) in [4.78, 5) is 26.1. The van der Waals surface area contributed by atoms with Crippen LogP contribution in [0.25, 0.3) is 0 Å². The number of benzene rings is 1. The molecule has 0 radical (unpaired) electrons. The van der Waals surface area contributed by atoms with Crippen LogP contribution in [0.15, 0.2) is 18.2 Å². The summed E-state index contributed by atoms with van der Waals surface area (Å²) in [5.74, 6) is -0.444. The number of hydrogen-bond donors (Lipinski definition) is 2. The normalized spacial score (nSPS) is 15.5. The molecule has 7 heteroatoms. The molecule has 0 aromatic heterocycles. The SMILES string of the molecule is COc1ccc(C(=O)NCC2CCN(C(=O)NC(C)(C)C)CC2)cc1F. The second kappa shape index (κ2) is 8.38. The Kier molecular flexibility index (Phi) is 6.45. The summed E-state index contributed by atoms with van der Waals surface area (Å²) < 4.78 is 18.5. The van der Waals surface area contributed by atoms with Gasteiger partial charge in [0.1, 0.15) is 0 Å². The Morgan fingerprint density at radius 2 is 1.92 bits per heavy atom. The van der Waals surface area contributed by atoms with Crippen molar-refractivity contribution >= 4 is 11.9 Å². The standard InChI is InChI=1S/C19H28FN3O3/c1-19(2,3)22-18(25)23-9-7-13(8-10-23)12-21-17(24)14-5-6-16(26-4)15(20)11-14/h5-6,11,13H,7-10,12H2,1-4H3,(H,21,24)(H,22,25). The lowest BCUT2D eigenvalue weighted by atomic mass is 9.96. The van der Waals surface area contributed by atoms with Gasteiger partial charge in [0.25, 0.3) is 5.91 Å². The second-order valence-electron chi connectivity index (χ2n) is 7.67. The number of ether oxygens (including phenoxy) is 1. The fraction of sp³-hybridized carbons (Fsp3) is 0.579. The molecule has 26 heavy (non-hydrogen) atoms. The largest absolute Gasteiger partial charge is 0.494 e. The Morgan fingerprint density at radius 1 is 1.27 bits per heavy atom. The van der Waals surface area contributed by atoms with Crippen molar-refractivity contribution in [2.45, 2.75) is 39.2 Å². The van der Waals surface area contributed by atoms with Crippen LogP contribution in [-0.2, 0) is 0 Å². The molecular formula is C19H28FN3O3. The number of likely N-dealkylation sites (tertiary alicyclic amines) is 1. The Balaban J connectivity index is 1.78. The lowest BCUT2D eigenvalue weighted by Crippen LogP contribution is -2.51. The van der Waals surface area contributed by atoms with Gasteiger partial charge in [-0.05, 0) is 57.7 Å². The van der Waals surface area contributed by atoms with Gasteiger partial charge in [-0.1, -0.05) is 0 Å². The Hall–Kier alpha value is -2.31. The maximum atomic E-state index is 13.7. The van der Waals surface area contributed by atoms with Crippen LogP contribution < -0.4 is 15.4 Å². The van der Waals surface area contributed by atoms with Gasteiger partial charge >= 0.3 is 6.03 Å². The van der Waals surface area contributed by atoms with E-state index in [2.05, 4.69) is 10.6 Å². The molecule has 2 rings (SSSR count). The molecule has 0 saturated carbocycles. The molecule has 0 spiro atoms. The molecule has 1 saturated heterocycles. The molecule has 0 bridgehead atoms. The first-order chi connectivity index (χ1) is 12.2. The number of halogens is 1. The number of amides is 3. The van der Waals surface area contributed by atoms with Crippen molar-refractivity contribution in [1.82, 2.24) is 15.5 Å². The zero-order chi connectivity index (χ0) is 19.3. The summed E-state index contributed by atoms with van der Waals surface area (Å²) in [6, 6.07) is 4.11. The molecular weight excluding hydrogens is 337 g/mol. The molecule has 2 N–H and O–H groups in total. The van der Waals surface area contributed by atoms with Gasteiger partial charge in [0.05, 0.1) is 7.11 Å². The summed E-state index contributed by atoms with van der Waals surface area (Å²) in [6.45, 7) is 7.71. The van der Waals surface area contributed by atoms with E-state index in [4.69, 9.17) is 4.74 Å². The summed E-state index contributed by atoms with van der Waals surface area (Å²) in [5, 5.41) is 5.81. The highest BCUT2D eigenvalue weighted by atomic mass is 19.1. The molecule has 0 atom stereocenters. The minimum atomic E-state index is -0.557. The lowest BCUT2D eigenvalue weighted by molar-refractivity contribution is 0.0936. The predicted molar refractivity (Wildman–Crippen MR) is 97.9 cm³/mol. The van der Waals surface area contributed by atoms with Crippen LogP contribution in [0.1, 0.15) is 44.0 Å². The number of nitrogens with zero attached hydrogens (tertiary/aromatic N) is 1. The predicted octanol–water partition coefficient (Wildman–Crippen LogP) is 2.78. The number of hydrogen-bond acceptors (Lipinski definition) is 3. The molecule has 0 aliphatic carbocycles. The number of rotatable bonds is 4. The highest BCUT2D eigenvalue weighted by Crippen LogP contribution is 2.19. The molecule has 6 nitrogen and oxygen atoms in total. The molecule has 1 aliphatic rings. The van der Waals surface area contributed by atoms with Crippen molar-refractivity contribution in [3.05, 3.63) is 29.6 Å². The van der Waals surface area contributed by atoms with Gasteiger partial charge < -0.3 is 20.3 Å². The third-order valence-electron chi connectivity index (χ3n) is 4.35. The first-order valence-electron chi connectivity index (χ1n) is 8.88. The molecule has 1 aromatic rings. The van der Waals surface area contributed by atoms with Gasteiger partial charge in [-0.15, -0.1) is 0 Å². The van der Waals surface area contributed by atoms with Crippen molar-refractivity contribution in [1.29, 1.82) is 0 Å². The van der Waals surface area contributed by atoms with Crippen molar-refractivity contribution in [3.8, 4) is 5.75 Å². The van der Waals surface area contributed by atoms with Crippen LogP contribution in [0, 0.1) is 11.7 Å². The van der Waals surface area contributed by atoms with E-state index in [0.29, 0.717) is 25.6 Å². The highest BCUT2D eigenvalue weighted by molar-refractivity contribution is 5.94. The van der Waals surface area contributed by atoms with Crippen LogP contribution in [0.2, 0.25) is 0 Å². The van der Waals surface area contributed by atoms with Crippen molar-refractivity contribution in [2.75, 3.05) is 26.7 Å². The zero-order valence-corrected chi connectivity index (χ0v) is 15.9. The zero-order valence-electron chi connectivity index (χ0n) is 15.9. The minimum Gasteiger partial charge on any atom is -0.494 e. The van der Waals surface area contributed by atoms with Gasteiger partial charge in [0.2, 0.25) is 0 Å². The number of urea groups is 1. The first-order valence-corrected chi connectivity index (χ1v) is 8.88. The topological polar surface area (TPSA) is 70.7 Å². The Labute approximate surface area is 154 Å². The number of carbonyl (C=O) groups excluding carboxylic acids is 2. The van der Waals surface area contributed by atoms with Crippen molar-refractivity contribution in [3.63, 3.8) is 0 Å². The van der Waals surface area contributed by atoms with E-state index in [1.807, 2.05) is 25.7 Å². The summed E-state index contributed by atoms with van der Waals surface area (Å²) >= 11 is 0. The third-order valence-corrected chi connectivity index (χ3v) is 4.35. The van der Waals surface area contributed by atoms with E-state index in [-0.39, 0.29) is 28.8 Å². The molecule has 144 valence electrons. The average Bonchev–Trinajstić information content (AvgIpc) is 2.58. The molecule has 1 aliphatic heterocycles. The van der Waals surface area contributed by atoms with E-state index in [0.717, 1.165) is 12.8 Å². The maximum absolute atomic E-state index is 13.7. The van der Waals surface area contributed by atoms with Crippen LogP contribution >= 0.6 is 0 Å². The summed E-state index contributed by atoms with van der Waals surface area (Å²) in [7, 11) is 1.38. The number of methoxy groups -OCH3 is 1. The average molecular weight is 365 g/mol. The van der Waals surface area contributed by atoms with Gasteiger partial charge in [-0.25, -0.2) is 9.18 Å². The monoisotopic (exact) mass is 365 g/mol. The fourth-order valence-corrected chi connectivity index (χ4v) is 2.89. The molecule has 3 amide bonds. The van der Waals surface area contributed by atoms with Crippen LogP contribution in [-0.4, -0.2) is 49.1 Å². The third kappa shape index (κ3) is 5.61. The highest BCUT2D eigenvalue weighted by Gasteiger charge is 2.25. The molecule has 1 aromatic carbocycles. The van der Waals surface area contributed by atoms with Gasteiger partial charge in [0.15, 0.2) is 11.6 Å². The second-order valence-corrected chi connectivity index (χ2v) is 7.67. The van der Waals surface area contributed by atoms with Gasteiger partial charge in [0, 0.05) is 30.7 Å². The van der Waals surface area contributed by atoms with E-state index in [1.165, 1.54) is 25.3 Å². The molecule has 1 fully saturated rings. The summed E-state index contributed by atoms with van der Waals surface area (Å²) in [5.41, 5.74) is 0.0144. The van der Waals surface area contributed by atoms with Crippen LogP contribution in [0.3, 0.4) is 0 Å². The number of nitrogens with one attached hydrogen (secondary N) is 2. The van der Waals surface area contributed by atoms with E-state index < -0.39 is 5.82 Å².